The van der Waals surface area contributed by atoms with Crippen molar-refractivity contribution in [3.63, 3.8) is 0 Å². The van der Waals surface area contributed by atoms with Gasteiger partial charge in [0.2, 0.25) is 0 Å². The Morgan fingerprint density at radius 2 is 1.79 bits per heavy atom. The molecule has 0 aliphatic carbocycles. The first-order chi connectivity index (χ1) is 9.18. The van der Waals surface area contributed by atoms with E-state index in [9.17, 15) is 10.1 Å². The van der Waals surface area contributed by atoms with Crippen LogP contribution in [0.2, 0.25) is 0 Å². The highest BCUT2D eigenvalue weighted by atomic mass is 16.6. The Hall–Kier alpha value is -2.36. The van der Waals surface area contributed by atoms with Crippen molar-refractivity contribution >= 4 is 11.4 Å². The Kier molecular flexibility index (Phi) is 4.13. The van der Waals surface area contributed by atoms with Gasteiger partial charge >= 0.3 is 0 Å². The van der Waals surface area contributed by atoms with Gasteiger partial charge in [0.05, 0.1) is 4.92 Å². The van der Waals surface area contributed by atoms with Crippen LogP contribution in [0.3, 0.4) is 0 Å². The Balaban J connectivity index is 2.00. The Labute approximate surface area is 112 Å². The van der Waals surface area contributed by atoms with Gasteiger partial charge in [0.15, 0.2) is 0 Å². The largest absolute Gasteiger partial charge is 0.384 e. The van der Waals surface area contributed by atoms with Crippen LogP contribution < -0.4 is 5.32 Å². The van der Waals surface area contributed by atoms with Gasteiger partial charge in [-0.2, -0.15) is 0 Å². The van der Waals surface area contributed by atoms with E-state index in [1.54, 1.807) is 18.2 Å². The molecular weight excluding hydrogens is 240 g/mol. The van der Waals surface area contributed by atoms with Gasteiger partial charge in [-0.25, -0.2) is 0 Å². The van der Waals surface area contributed by atoms with Crippen LogP contribution in [-0.2, 0) is 6.42 Å². The molecule has 4 nitrogen and oxygen atoms in total. The van der Waals surface area contributed by atoms with Crippen LogP contribution in [0.15, 0.2) is 48.5 Å². The lowest BCUT2D eigenvalue weighted by molar-refractivity contribution is -0.385. The molecule has 0 aliphatic heterocycles. The molecule has 2 aromatic rings. The summed E-state index contributed by atoms with van der Waals surface area (Å²) in [6, 6.07) is 14.9. The molecule has 0 bridgehead atoms. The van der Waals surface area contributed by atoms with E-state index in [4.69, 9.17) is 0 Å². The van der Waals surface area contributed by atoms with Crippen molar-refractivity contribution in [2.45, 2.75) is 13.3 Å². The van der Waals surface area contributed by atoms with E-state index < -0.39 is 0 Å². The van der Waals surface area contributed by atoms with Crippen LogP contribution in [0, 0.1) is 17.0 Å². The highest BCUT2D eigenvalue weighted by Crippen LogP contribution is 2.19. The molecule has 19 heavy (non-hydrogen) atoms. The number of nitro benzene ring substituents is 1. The number of nitrogens with one attached hydrogen (secondary N) is 1. The summed E-state index contributed by atoms with van der Waals surface area (Å²) in [7, 11) is 0. The highest BCUT2D eigenvalue weighted by Gasteiger charge is 2.11. The number of benzene rings is 2. The number of hydrogen-bond donors (Lipinski definition) is 1. The number of para-hydroxylation sites is 2. The topological polar surface area (TPSA) is 55.2 Å². The van der Waals surface area contributed by atoms with Crippen LogP contribution in [0.1, 0.15) is 11.1 Å². The molecule has 0 spiro atoms. The lowest BCUT2D eigenvalue weighted by atomic mass is 10.1. The van der Waals surface area contributed by atoms with Crippen LogP contribution in [0.4, 0.5) is 11.4 Å². The van der Waals surface area contributed by atoms with E-state index in [2.05, 4.69) is 5.32 Å². The first kappa shape index (κ1) is 13.1. The third-order valence-corrected chi connectivity index (χ3v) is 3.04. The summed E-state index contributed by atoms with van der Waals surface area (Å²) in [5.41, 5.74) is 3.19. The monoisotopic (exact) mass is 256 g/mol. The molecule has 0 aliphatic rings. The first-order valence-corrected chi connectivity index (χ1v) is 6.20. The van der Waals surface area contributed by atoms with Crippen LogP contribution in [-0.4, -0.2) is 11.5 Å². The van der Waals surface area contributed by atoms with Crippen molar-refractivity contribution in [2.24, 2.45) is 0 Å². The third-order valence-electron chi connectivity index (χ3n) is 3.04. The Morgan fingerprint density at radius 3 is 2.53 bits per heavy atom. The van der Waals surface area contributed by atoms with Gasteiger partial charge in [0, 0.05) is 23.9 Å². The van der Waals surface area contributed by atoms with E-state index in [-0.39, 0.29) is 10.6 Å². The number of anilines is 1. The van der Waals surface area contributed by atoms with Gasteiger partial charge in [-0.3, -0.25) is 10.1 Å². The van der Waals surface area contributed by atoms with Gasteiger partial charge in [0.25, 0.3) is 5.69 Å². The molecular formula is C15H16N2O2. The lowest BCUT2D eigenvalue weighted by Gasteiger charge is -2.09. The minimum Gasteiger partial charge on any atom is -0.384 e. The van der Waals surface area contributed by atoms with E-state index in [1.165, 1.54) is 5.56 Å². The SMILES string of the molecule is Cc1ccccc1NCCc1ccccc1[N+](=O)[O-]. The van der Waals surface area contributed by atoms with Gasteiger partial charge in [0.1, 0.15) is 0 Å². The second-order valence-electron chi connectivity index (χ2n) is 4.38. The van der Waals surface area contributed by atoms with E-state index in [0.717, 1.165) is 11.3 Å². The lowest BCUT2D eigenvalue weighted by Crippen LogP contribution is -2.07. The van der Waals surface area contributed by atoms with Crippen molar-refractivity contribution < 1.29 is 4.92 Å². The normalized spacial score (nSPS) is 10.2. The number of nitro groups is 1. The maximum absolute atomic E-state index is 10.9. The molecule has 0 fully saturated rings. The van der Waals surface area contributed by atoms with Crippen molar-refractivity contribution in [1.82, 2.24) is 0 Å². The summed E-state index contributed by atoms with van der Waals surface area (Å²) in [6.07, 6.45) is 0.630. The fourth-order valence-electron chi connectivity index (χ4n) is 2.00. The maximum Gasteiger partial charge on any atom is 0.272 e. The summed E-state index contributed by atoms with van der Waals surface area (Å²) in [5, 5.41) is 14.2. The Morgan fingerprint density at radius 1 is 1.11 bits per heavy atom. The quantitative estimate of drug-likeness (QED) is 0.657. The van der Waals surface area contributed by atoms with Crippen LogP contribution in [0.5, 0.6) is 0 Å². The number of hydrogen-bond acceptors (Lipinski definition) is 3. The van der Waals surface area contributed by atoms with Crippen molar-refractivity contribution in [3.05, 3.63) is 69.8 Å². The zero-order chi connectivity index (χ0) is 13.7. The molecule has 2 aromatic carbocycles. The van der Waals surface area contributed by atoms with E-state index in [0.29, 0.717) is 13.0 Å². The number of nitrogens with zero attached hydrogens (tertiary/aromatic N) is 1. The average molecular weight is 256 g/mol. The second kappa shape index (κ2) is 6.00. The average Bonchev–Trinajstić information content (AvgIpc) is 2.41. The molecule has 1 N–H and O–H groups in total. The fourth-order valence-corrected chi connectivity index (χ4v) is 2.00. The molecule has 0 saturated carbocycles. The van der Waals surface area contributed by atoms with Crippen LogP contribution >= 0.6 is 0 Å². The second-order valence-corrected chi connectivity index (χ2v) is 4.38. The third kappa shape index (κ3) is 3.31. The minimum absolute atomic E-state index is 0.189. The summed E-state index contributed by atoms with van der Waals surface area (Å²) in [5.74, 6) is 0. The van der Waals surface area contributed by atoms with Crippen molar-refractivity contribution in [3.8, 4) is 0 Å². The maximum atomic E-state index is 10.9. The molecule has 0 unspecified atom stereocenters. The minimum atomic E-state index is -0.330. The molecule has 0 atom stereocenters. The molecule has 0 saturated heterocycles. The molecule has 0 aromatic heterocycles. The van der Waals surface area contributed by atoms with E-state index >= 15 is 0 Å². The smallest absolute Gasteiger partial charge is 0.272 e. The van der Waals surface area contributed by atoms with Gasteiger partial charge in [-0.15, -0.1) is 0 Å². The summed E-state index contributed by atoms with van der Waals surface area (Å²) in [4.78, 5) is 10.6. The van der Waals surface area contributed by atoms with Crippen LogP contribution in [0.25, 0.3) is 0 Å². The molecule has 2 rings (SSSR count). The van der Waals surface area contributed by atoms with E-state index in [1.807, 2.05) is 37.3 Å². The predicted molar refractivity (Wildman–Crippen MR) is 76.5 cm³/mol. The van der Waals surface area contributed by atoms with Gasteiger partial charge in [-0.1, -0.05) is 36.4 Å². The molecule has 4 heteroatoms. The first-order valence-electron chi connectivity index (χ1n) is 6.20. The zero-order valence-electron chi connectivity index (χ0n) is 10.8. The standard InChI is InChI=1S/C15H16N2O2/c1-12-6-2-4-8-14(12)16-11-10-13-7-3-5-9-15(13)17(18)19/h2-9,16H,10-11H2,1H3. The molecule has 0 heterocycles. The number of rotatable bonds is 5. The van der Waals surface area contributed by atoms with Gasteiger partial charge in [-0.05, 0) is 25.0 Å². The molecule has 0 radical (unpaired) electrons. The zero-order valence-corrected chi connectivity index (χ0v) is 10.8. The van der Waals surface area contributed by atoms with Crippen molar-refractivity contribution in [2.75, 3.05) is 11.9 Å². The van der Waals surface area contributed by atoms with Crippen molar-refractivity contribution in [1.29, 1.82) is 0 Å². The number of aryl methyl sites for hydroxylation is 1. The summed E-state index contributed by atoms with van der Waals surface area (Å²) in [6.45, 7) is 2.71. The molecule has 0 amide bonds. The Bertz CT molecular complexity index is 582. The molecule has 98 valence electrons. The fraction of sp³-hybridized carbons (Fsp3) is 0.200. The summed E-state index contributed by atoms with van der Waals surface area (Å²) < 4.78 is 0. The van der Waals surface area contributed by atoms with Gasteiger partial charge < -0.3 is 5.32 Å². The highest BCUT2D eigenvalue weighted by molar-refractivity contribution is 5.50. The predicted octanol–water partition coefficient (Wildman–Crippen LogP) is 3.56. The summed E-state index contributed by atoms with van der Waals surface area (Å²) >= 11 is 0.